The zero-order valence-electron chi connectivity index (χ0n) is 23.0. The number of hydrogen-bond donors (Lipinski definition) is 1. The number of rotatable bonds is 6. The fraction of sp³-hybridized carbons (Fsp3) is 0.704. The van der Waals surface area contributed by atoms with Crippen LogP contribution in [-0.2, 0) is 28.8 Å². The average molecular weight is 634 g/mol. The third-order valence-corrected chi connectivity index (χ3v) is 8.63. The molecule has 4 rings (SSSR count). The Morgan fingerprint density at radius 2 is 1.44 bits per heavy atom. The smallest absolute Gasteiger partial charge is 0.434 e. The molecule has 1 spiro atoms. The van der Waals surface area contributed by atoms with Crippen LogP contribution in [0.15, 0.2) is 18.2 Å². The number of amides is 1. The summed E-state index contributed by atoms with van der Waals surface area (Å²) < 4.78 is 122. The monoisotopic (exact) mass is 633 g/mol. The fourth-order valence-electron chi connectivity index (χ4n) is 6.19. The lowest BCUT2D eigenvalue weighted by Gasteiger charge is -2.39. The fourth-order valence-corrected chi connectivity index (χ4v) is 6.19. The molecule has 16 heteroatoms. The van der Waals surface area contributed by atoms with Crippen molar-refractivity contribution in [2.75, 3.05) is 39.3 Å². The van der Waals surface area contributed by atoms with Crippen molar-refractivity contribution in [3.63, 3.8) is 0 Å². The summed E-state index contributed by atoms with van der Waals surface area (Å²) in [5.74, 6) is -1.40. The SMILES string of the molecule is O=C(O)C1CCN(Cc2ccc(CN3CCC4(CCN(C(=O)OC(C(F)(F)F)C(F)(F)F)CC4)C3)cc2C(F)(F)F)CC1. The summed E-state index contributed by atoms with van der Waals surface area (Å²) in [5, 5.41) is 9.14. The minimum atomic E-state index is -5.81. The molecule has 3 fully saturated rings. The van der Waals surface area contributed by atoms with Gasteiger partial charge < -0.3 is 14.7 Å². The lowest BCUT2D eigenvalue weighted by molar-refractivity contribution is -0.308. The number of piperidine rings is 2. The summed E-state index contributed by atoms with van der Waals surface area (Å²) in [6, 6.07) is 4.17. The zero-order valence-corrected chi connectivity index (χ0v) is 23.0. The highest BCUT2D eigenvalue weighted by Gasteiger charge is 2.60. The number of ether oxygens (including phenoxy) is 1. The first-order valence-electron chi connectivity index (χ1n) is 13.8. The highest BCUT2D eigenvalue weighted by Crippen LogP contribution is 2.42. The number of likely N-dealkylation sites (tertiary alicyclic amines) is 3. The quantitative estimate of drug-likeness (QED) is 0.393. The molecule has 3 aliphatic rings. The predicted octanol–water partition coefficient (Wildman–Crippen LogP) is 5.92. The van der Waals surface area contributed by atoms with Gasteiger partial charge in [-0.15, -0.1) is 0 Å². The number of carbonyl (C=O) groups excluding carboxylic acids is 1. The number of aliphatic carboxylic acids is 1. The summed E-state index contributed by atoms with van der Waals surface area (Å²) in [4.78, 5) is 27.8. The highest BCUT2D eigenvalue weighted by atomic mass is 19.4. The first-order chi connectivity index (χ1) is 19.9. The number of nitrogens with zero attached hydrogens (tertiary/aromatic N) is 3. The molecule has 1 amide bonds. The minimum absolute atomic E-state index is 0.0416. The van der Waals surface area contributed by atoms with Crippen molar-refractivity contribution in [2.45, 2.75) is 69.8 Å². The third-order valence-electron chi connectivity index (χ3n) is 8.63. The number of carboxylic acids is 1. The van der Waals surface area contributed by atoms with Crippen LogP contribution < -0.4 is 0 Å². The van der Waals surface area contributed by atoms with Crippen LogP contribution in [-0.4, -0.2) is 89.6 Å². The van der Waals surface area contributed by atoms with Gasteiger partial charge in [0.05, 0.1) is 11.5 Å². The Morgan fingerprint density at radius 1 is 0.860 bits per heavy atom. The van der Waals surface area contributed by atoms with E-state index in [-0.39, 0.29) is 37.2 Å². The molecule has 0 bridgehead atoms. The van der Waals surface area contributed by atoms with E-state index in [4.69, 9.17) is 5.11 Å². The third kappa shape index (κ3) is 8.25. The van der Waals surface area contributed by atoms with Gasteiger partial charge >= 0.3 is 30.6 Å². The molecule has 0 unspecified atom stereocenters. The van der Waals surface area contributed by atoms with Gasteiger partial charge in [0.25, 0.3) is 6.10 Å². The van der Waals surface area contributed by atoms with Gasteiger partial charge in [0.15, 0.2) is 0 Å². The Hall–Kier alpha value is -2.75. The van der Waals surface area contributed by atoms with Crippen molar-refractivity contribution >= 4 is 12.1 Å². The largest absolute Gasteiger partial charge is 0.481 e. The van der Waals surface area contributed by atoms with E-state index in [1.54, 1.807) is 6.07 Å². The lowest BCUT2D eigenvalue weighted by atomic mass is 9.78. The van der Waals surface area contributed by atoms with E-state index in [0.29, 0.717) is 63.8 Å². The summed E-state index contributed by atoms with van der Waals surface area (Å²) in [6.45, 7) is 1.77. The van der Waals surface area contributed by atoms with E-state index in [9.17, 15) is 49.1 Å². The van der Waals surface area contributed by atoms with Crippen LogP contribution in [0.4, 0.5) is 44.3 Å². The molecule has 0 saturated carbocycles. The minimum Gasteiger partial charge on any atom is -0.481 e. The first kappa shape index (κ1) is 33.1. The molecule has 0 aromatic heterocycles. The van der Waals surface area contributed by atoms with Crippen molar-refractivity contribution in [3.05, 3.63) is 34.9 Å². The number of alkyl halides is 9. The maximum absolute atomic E-state index is 14.0. The van der Waals surface area contributed by atoms with E-state index in [1.807, 2.05) is 9.80 Å². The molecule has 1 aromatic carbocycles. The zero-order chi connectivity index (χ0) is 31.8. The predicted molar refractivity (Wildman–Crippen MR) is 133 cm³/mol. The van der Waals surface area contributed by atoms with Gasteiger partial charge in [-0.3, -0.25) is 14.6 Å². The van der Waals surface area contributed by atoms with E-state index in [1.165, 1.54) is 6.07 Å². The highest BCUT2D eigenvalue weighted by molar-refractivity contribution is 5.70. The topological polar surface area (TPSA) is 73.3 Å². The molecule has 43 heavy (non-hydrogen) atoms. The molecule has 0 radical (unpaired) electrons. The van der Waals surface area contributed by atoms with Gasteiger partial charge in [0.1, 0.15) is 0 Å². The molecule has 0 aliphatic carbocycles. The number of benzene rings is 1. The van der Waals surface area contributed by atoms with Crippen molar-refractivity contribution in [3.8, 4) is 0 Å². The van der Waals surface area contributed by atoms with E-state index in [2.05, 4.69) is 4.74 Å². The van der Waals surface area contributed by atoms with Crippen molar-refractivity contribution in [2.24, 2.45) is 11.3 Å². The van der Waals surface area contributed by atoms with E-state index >= 15 is 0 Å². The van der Waals surface area contributed by atoms with Gasteiger partial charge in [-0.25, -0.2) is 4.79 Å². The molecule has 1 N–H and O–H groups in total. The summed E-state index contributed by atoms with van der Waals surface area (Å²) >= 11 is 0. The second kappa shape index (κ2) is 12.3. The molecule has 1 aromatic rings. The summed E-state index contributed by atoms with van der Waals surface area (Å²) in [7, 11) is 0. The Bertz CT molecular complexity index is 1140. The molecule has 0 atom stereocenters. The van der Waals surface area contributed by atoms with Crippen molar-refractivity contribution in [1.29, 1.82) is 0 Å². The Labute approximate surface area is 241 Å². The molecule has 3 aliphatic heterocycles. The van der Waals surface area contributed by atoms with E-state index < -0.39 is 48.2 Å². The van der Waals surface area contributed by atoms with Crippen LogP contribution in [0.3, 0.4) is 0 Å². The molecular formula is C27H32F9N3O4. The average Bonchev–Trinajstić information content (AvgIpc) is 3.28. The van der Waals surface area contributed by atoms with Crippen LogP contribution >= 0.6 is 0 Å². The number of carboxylic acid groups (broad SMARTS) is 1. The summed E-state index contributed by atoms with van der Waals surface area (Å²) in [5.41, 5.74) is -0.606. The number of carbonyl (C=O) groups is 2. The summed E-state index contributed by atoms with van der Waals surface area (Å²) in [6.07, 6.45) is -20.2. The molecule has 3 saturated heterocycles. The van der Waals surface area contributed by atoms with Crippen LogP contribution in [0.25, 0.3) is 0 Å². The second-order valence-electron chi connectivity index (χ2n) is 11.7. The maximum Gasteiger partial charge on any atom is 0.434 e. The number of halogens is 9. The molecular weight excluding hydrogens is 601 g/mol. The molecule has 3 heterocycles. The van der Waals surface area contributed by atoms with Crippen LogP contribution in [0.5, 0.6) is 0 Å². The van der Waals surface area contributed by atoms with Crippen LogP contribution in [0.2, 0.25) is 0 Å². The normalized spacial score (nSPS) is 21.1. The van der Waals surface area contributed by atoms with Crippen LogP contribution in [0, 0.1) is 11.3 Å². The van der Waals surface area contributed by atoms with Gasteiger partial charge in [-0.05, 0) is 74.3 Å². The standard InChI is InChI=1S/C27H32F9N3O4/c28-25(29,30)20-13-17(1-2-19(20)15-37-8-3-18(4-9-37)21(40)41)14-38-10-5-24(16-38)6-11-39(12-7-24)23(42)43-22(26(31,32)33)27(34,35)36/h1-2,13,18,22H,3-12,14-16H2,(H,40,41). The Morgan fingerprint density at radius 3 is 1.98 bits per heavy atom. The first-order valence-corrected chi connectivity index (χ1v) is 13.8. The van der Waals surface area contributed by atoms with Gasteiger partial charge in [-0.1, -0.05) is 12.1 Å². The Balaban J connectivity index is 1.33. The van der Waals surface area contributed by atoms with Gasteiger partial charge in [0.2, 0.25) is 0 Å². The lowest BCUT2D eigenvalue weighted by Crippen LogP contribution is -2.50. The van der Waals surface area contributed by atoms with Gasteiger partial charge in [0, 0.05) is 32.7 Å². The molecule has 7 nitrogen and oxygen atoms in total. The van der Waals surface area contributed by atoms with Crippen molar-refractivity contribution < 1.29 is 58.9 Å². The van der Waals surface area contributed by atoms with Gasteiger partial charge in [-0.2, -0.15) is 39.5 Å². The Kier molecular flexibility index (Phi) is 9.50. The van der Waals surface area contributed by atoms with Crippen LogP contribution in [0.1, 0.15) is 48.8 Å². The second-order valence-corrected chi connectivity index (χ2v) is 11.7. The van der Waals surface area contributed by atoms with Crippen molar-refractivity contribution in [1.82, 2.24) is 14.7 Å². The molecule has 242 valence electrons. The number of hydrogen-bond acceptors (Lipinski definition) is 5. The van der Waals surface area contributed by atoms with E-state index in [0.717, 1.165) is 11.0 Å². The maximum atomic E-state index is 14.0.